The molecular formula is C43H72N6O10. The van der Waals surface area contributed by atoms with E-state index < -0.39 is 95.3 Å². The second-order valence-corrected chi connectivity index (χ2v) is 17.0. The van der Waals surface area contributed by atoms with Gasteiger partial charge in [0.1, 0.15) is 47.7 Å². The van der Waals surface area contributed by atoms with E-state index >= 15 is 0 Å². The van der Waals surface area contributed by atoms with Gasteiger partial charge in [0.05, 0.1) is 6.04 Å². The largest absolute Gasteiger partial charge is 0.488 e. The van der Waals surface area contributed by atoms with Gasteiger partial charge in [-0.2, -0.15) is 0 Å². The molecule has 16 nitrogen and oxygen atoms in total. The highest BCUT2D eigenvalue weighted by Gasteiger charge is 2.37. The molecule has 9 atom stereocenters. The van der Waals surface area contributed by atoms with E-state index in [0.717, 1.165) is 19.8 Å². The van der Waals surface area contributed by atoms with Gasteiger partial charge in [-0.25, -0.2) is 9.59 Å². The molecule has 59 heavy (non-hydrogen) atoms. The van der Waals surface area contributed by atoms with Crippen LogP contribution in [-0.4, -0.2) is 94.5 Å². The van der Waals surface area contributed by atoms with E-state index in [2.05, 4.69) is 26.6 Å². The minimum Gasteiger partial charge on any atom is -0.488 e. The van der Waals surface area contributed by atoms with E-state index in [9.17, 15) is 38.7 Å². The number of amides is 5. The average molecular weight is 833 g/mol. The van der Waals surface area contributed by atoms with Gasteiger partial charge in [0.25, 0.3) is 0 Å². The van der Waals surface area contributed by atoms with Crippen molar-refractivity contribution in [2.75, 3.05) is 0 Å². The van der Waals surface area contributed by atoms with Gasteiger partial charge in [-0.3, -0.25) is 24.0 Å². The van der Waals surface area contributed by atoms with Gasteiger partial charge in [0.15, 0.2) is 0 Å². The first kappa shape index (κ1) is 52.3. The lowest BCUT2D eigenvalue weighted by molar-refractivity contribution is -0.157. The van der Waals surface area contributed by atoms with Crippen molar-refractivity contribution in [2.45, 2.75) is 176 Å². The van der Waals surface area contributed by atoms with Gasteiger partial charge in [-0.15, -0.1) is 0 Å². The maximum absolute atomic E-state index is 14.3. The number of carbonyl (C=O) groups is 7. The summed E-state index contributed by atoms with van der Waals surface area (Å²) in [5, 5.41) is 22.9. The Labute approximate surface area is 350 Å². The van der Waals surface area contributed by atoms with Crippen LogP contribution in [0.15, 0.2) is 24.3 Å². The Kier molecular flexibility index (Phi) is 22.2. The zero-order valence-corrected chi connectivity index (χ0v) is 37.2. The fraction of sp³-hybridized carbons (Fsp3) is 0.698. The predicted molar refractivity (Wildman–Crippen MR) is 225 cm³/mol. The van der Waals surface area contributed by atoms with Gasteiger partial charge in [-0.1, -0.05) is 86.3 Å². The Hall–Kier alpha value is -4.73. The summed E-state index contributed by atoms with van der Waals surface area (Å²) in [5.41, 5.74) is 6.34. The van der Waals surface area contributed by atoms with Crippen LogP contribution < -0.4 is 37.1 Å². The van der Waals surface area contributed by atoms with E-state index in [0.29, 0.717) is 30.6 Å². The van der Waals surface area contributed by atoms with Crippen LogP contribution in [0.25, 0.3) is 0 Å². The van der Waals surface area contributed by atoms with Crippen LogP contribution >= 0.6 is 0 Å². The topological polar surface area (TPSA) is 244 Å². The van der Waals surface area contributed by atoms with Crippen LogP contribution in [0.2, 0.25) is 0 Å². The fourth-order valence-electron chi connectivity index (χ4n) is 6.09. The van der Waals surface area contributed by atoms with Crippen molar-refractivity contribution in [1.82, 2.24) is 26.6 Å². The average Bonchev–Trinajstić information content (AvgIpc) is 3.15. The molecule has 5 amide bonds. The number of carboxylic acid groups (broad SMARTS) is 1. The number of hydrogen-bond acceptors (Lipinski definition) is 10. The second kappa shape index (κ2) is 25.0. The van der Waals surface area contributed by atoms with E-state index in [1.54, 1.807) is 52.0 Å². The van der Waals surface area contributed by atoms with Crippen LogP contribution in [0.5, 0.6) is 5.75 Å². The molecule has 0 saturated heterocycles. The molecular weight excluding hydrogens is 761 g/mol. The predicted octanol–water partition coefficient (Wildman–Crippen LogP) is 3.52. The number of hydrogen-bond donors (Lipinski definition) is 7. The van der Waals surface area contributed by atoms with E-state index in [1.165, 1.54) is 6.92 Å². The van der Waals surface area contributed by atoms with Gasteiger partial charge >= 0.3 is 11.9 Å². The molecule has 16 heteroatoms. The number of ether oxygens (including phenoxy) is 2. The monoisotopic (exact) mass is 833 g/mol. The molecule has 334 valence electrons. The Morgan fingerprint density at radius 1 is 0.712 bits per heavy atom. The standard InChI is InChI=1S/C43H72N6O10/c1-13-16-17-31(44)37(51)48-34(25(6)14-2)39(53)46-32(23-29-18-20-30(21-19-29)59-43(10,11)12)38(52)49-35(26(7)15-3)42(57)58-27(8)36(45-28(9)50)40(54)47-33(41(55)56)22-24(4)5/h18-21,24-27,31-36H,13-17,22-23,44H2,1-12H3,(H,45,50)(H,46,53)(H,47,54)(H,48,51)(H,49,52)(H,55,56)/t25-,26-,27+,31-,32-,33-,34-,35-,36-/m0/s1. The van der Waals surface area contributed by atoms with E-state index in [1.807, 2.05) is 41.5 Å². The highest BCUT2D eigenvalue weighted by molar-refractivity contribution is 5.95. The molecule has 0 saturated carbocycles. The first-order valence-electron chi connectivity index (χ1n) is 20.9. The van der Waals surface area contributed by atoms with E-state index in [4.69, 9.17) is 15.2 Å². The van der Waals surface area contributed by atoms with Crippen LogP contribution in [0.3, 0.4) is 0 Å². The van der Waals surface area contributed by atoms with Gasteiger partial charge in [0.2, 0.25) is 29.5 Å². The molecule has 0 aromatic heterocycles. The molecule has 0 aliphatic rings. The third-order valence-corrected chi connectivity index (χ3v) is 9.92. The molecule has 0 bridgehead atoms. The van der Waals surface area contributed by atoms with Crippen molar-refractivity contribution in [2.24, 2.45) is 23.5 Å². The van der Waals surface area contributed by atoms with Gasteiger partial charge in [0, 0.05) is 13.3 Å². The van der Waals surface area contributed by atoms with Crippen LogP contribution in [0.4, 0.5) is 0 Å². The molecule has 1 aromatic carbocycles. The number of benzene rings is 1. The summed E-state index contributed by atoms with van der Waals surface area (Å²) >= 11 is 0. The van der Waals surface area contributed by atoms with Gasteiger partial charge in [-0.05, 0) is 76.0 Å². The zero-order chi connectivity index (χ0) is 45.2. The maximum atomic E-state index is 14.3. The number of aliphatic carboxylic acids is 1. The first-order valence-corrected chi connectivity index (χ1v) is 20.9. The SMILES string of the molecule is CCCC[C@H](N)C(=O)N[C@H](C(=O)N[C@@H](Cc1ccc(OC(C)(C)C)cc1)C(=O)N[C@H](C(=O)O[C@H](C)[C@H](NC(C)=O)C(=O)N[C@@H](CC(C)C)C(=O)O)[C@@H](C)CC)[C@@H](C)CC. The third-order valence-electron chi connectivity index (χ3n) is 9.92. The minimum atomic E-state index is -1.46. The highest BCUT2D eigenvalue weighted by Crippen LogP contribution is 2.20. The number of unbranched alkanes of at least 4 members (excludes halogenated alkanes) is 1. The zero-order valence-electron chi connectivity index (χ0n) is 37.2. The van der Waals surface area contributed by atoms with Crippen LogP contribution in [0, 0.1) is 17.8 Å². The highest BCUT2D eigenvalue weighted by atomic mass is 16.5. The molecule has 0 aliphatic carbocycles. The lowest BCUT2D eigenvalue weighted by atomic mass is 9.95. The fourth-order valence-corrected chi connectivity index (χ4v) is 6.09. The van der Waals surface area contributed by atoms with Crippen molar-refractivity contribution < 1.29 is 48.1 Å². The maximum Gasteiger partial charge on any atom is 0.329 e. The van der Waals surface area contributed by atoms with E-state index in [-0.39, 0.29) is 24.7 Å². The molecule has 0 aliphatic heterocycles. The second-order valence-electron chi connectivity index (χ2n) is 17.0. The van der Waals surface area contributed by atoms with Crippen molar-refractivity contribution in [3.8, 4) is 5.75 Å². The van der Waals surface area contributed by atoms with Gasteiger partial charge < -0.3 is 46.9 Å². The number of nitrogens with two attached hydrogens (primary N) is 1. The molecule has 0 unspecified atom stereocenters. The molecule has 0 heterocycles. The van der Waals surface area contributed by atoms with Crippen LogP contribution in [0.1, 0.15) is 127 Å². The van der Waals surface area contributed by atoms with Crippen LogP contribution in [-0.2, 0) is 44.7 Å². The van der Waals surface area contributed by atoms with Crippen molar-refractivity contribution in [3.63, 3.8) is 0 Å². The quantitative estimate of drug-likeness (QED) is 0.0703. The summed E-state index contributed by atoms with van der Waals surface area (Å²) in [6.07, 6.45) is 1.78. The summed E-state index contributed by atoms with van der Waals surface area (Å²) in [6.45, 7) is 21.1. The number of esters is 1. The third kappa shape index (κ3) is 18.8. The molecule has 0 fully saturated rings. The van der Waals surface area contributed by atoms with Crippen molar-refractivity contribution in [1.29, 1.82) is 0 Å². The molecule has 8 N–H and O–H groups in total. The number of carbonyl (C=O) groups excluding carboxylic acids is 6. The molecule has 0 spiro atoms. The number of rotatable bonds is 25. The molecule has 1 aromatic rings. The summed E-state index contributed by atoms with van der Waals surface area (Å²) < 4.78 is 11.7. The Morgan fingerprint density at radius 2 is 1.24 bits per heavy atom. The summed E-state index contributed by atoms with van der Waals surface area (Å²) in [5.74, 6) is -5.78. The minimum absolute atomic E-state index is 0.00483. The Balaban J connectivity index is 3.52. The number of nitrogens with one attached hydrogen (secondary N) is 5. The van der Waals surface area contributed by atoms with Crippen molar-refractivity contribution >= 4 is 41.5 Å². The number of carboxylic acids is 1. The lowest BCUT2D eigenvalue weighted by Crippen LogP contribution is -2.60. The smallest absolute Gasteiger partial charge is 0.329 e. The Morgan fingerprint density at radius 3 is 1.73 bits per heavy atom. The van der Waals surface area contributed by atoms with Crippen molar-refractivity contribution in [3.05, 3.63) is 29.8 Å². The lowest BCUT2D eigenvalue weighted by Gasteiger charge is -2.31. The first-order chi connectivity index (χ1) is 27.4. The summed E-state index contributed by atoms with van der Waals surface area (Å²) in [7, 11) is 0. The molecule has 1 rings (SSSR count). The molecule has 0 radical (unpaired) electrons. The Bertz CT molecular complexity index is 1550. The normalized spacial score (nSPS) is 16.1. The summed E-state index contributed by atoms with van der Waals surface area (Å²) in [6, 6.07) is -0.0336. The summed E-state index contributed by atoms with van der Waals surface area (Å²) in [4.78, 5) is 92.6.